The molecule has 1 atom stereocenters. The molecule has 0 heterocycles. The van der Waals surface area contributed by atoms with Gasteiger partial charge in [0.2, 0.25) is 0 Å². The van der Waals surface area contributed by atoms with Crippen molar-refractivity contribution in [3.8, 4) is 0 Å². The van der Waals surface area contributed by atoms with Gasteiger partial charge in [0.1, 0.15) is 0 Å². The van der Waals surface area contributed by atoms with Crippen LogP contribution in [0.15, 0.2) is 0 Å². The van der Waals surface area contributed by atoms with E-state index in [1.54, 1.807) is 0 Å². The molecule has 0 aromatic carbocycles. The van der Waals surface area contributed by atoms with Gasteiger partial charge in [0.05, 0.1) is 6.10 Å². The average molecular weight is 173 g/mol. The first-order valence-electron chi connectivity index (χ1n) is 4.92. The fraction of sp³-hybridized carbons (Fsp3) is 1.00. The fourth-order valence-electron chi connectivity index (χ4n) is 1.39. The molecule has 0 amide bonds. The molecule has 0 aliphatic carbocycles. The Bertz CT molecular complexity index is 104. The molecule has 2 nitrogen and oxygen atoms in total. The molecule has 0 saturated carbocycles. The zero-order valence-corrected chi connectivity index (χ0v) is 9.04. The Balaban J connectivity index is 3.95. The summed E-state index contributed by atoms with van der Waals surface area (Å²) < 4.78 is 0. The lowest BCUT2D eigenvalue weighted by Crippen LogP contribution is -2.41. The number of rotatable bonds is 5. The van der Waals surface area contributed by atoms with Gasteiger partial charge in [0, 0.05) is 18.6 Å². The molecule has 0 saturated heterocycles. The van der Waals surface area contributed by atoms with Crippen LogP contribution in [0.5, 0.6) is 0 Å². The van der Waals surface area contributed by atoms with E-state index >= 15 is 0 Å². The lowest BCUT2D eigenvalue weighted by molar-refractivity contribution is 0.0736. The topological polar surface area (TPSA) is 23.5 Å². The molecule has 0 spiro atoms. The molecule has 0 bridgehead atoms. The summed E-state index contributed by atoms with van der Waals surface area (Å²) >= 11 is 0. The normalized spacial score (nSPS) is 14.8. The van der Waals surface area contributed by atoms with E-state index in [9.17, 15) is 5.11 Å². The summed E-state index contributed by atoms with van der Waals surface area (Å²) in [6.45, 7) is 11.5. The highest BCUT2D eigenvalue weighted by Crippen LogP contribution is 2.06. The molecule has 0 radical (unpaired) electrons. The van der Waals surface area contributed by atoms with Gasteiger partial charge in [0.25, 0.3) is 0 Å². The van der Waals surface area contributed by atoms with Crippen molar-refractivity contribution in [3.05, 3.63) is 0 Å². The Morgan fingerprint density at radius 1 is 1.08 bits per heavy atom. The highest BCUT2D eigenvalue weighted by atomic mass is 16.3. The van der Waals surface area contributed by atoms with Crippen LogP contribution < -0.4 is 0 Å². The van der Waals surface area contributed by atoms with Crippen molar-refractivity contribution >= 4 is 0 Å². The lowest BCUT2D eigenvalue weighted by Gasteiger charge is -2.32. The Morgan fingerprint density at radius 3 is 1.75 bits per heavy atom. The summed E-state index contributed by atoms with van der Waals surface area (Å²) in [6.07, 6.45) is 0.672. The molecular weight excluding hydrogens is 150 g/mol. The van der Waals surface area contributed by atoms with Crippen LogP contribution in [0.3, 0.4) is 0 Å². The largest absolute Gasteiger partial charge is 0.392 e. The van der Waals surface area contributed by atoms with E-state index in [4.69, 9.17) is 0 Å². The summed E-state index contributed by atoms with van der Waals surface area (Å²) in [5, 5.41) is 9.48. The van der Waals surface area contributed by atoms with E-state index in [1.807, 2.05) is 6.92 Å². The Morgan fingerprint density at radius 2 is 1.50 bits per heavy atom. The van der Waals surface area contributed by atoms with Gasteiger partial charge in [-0.1, -0.05) is 6.92 Å². The third-order valence-corrected chi connectivity index (χ3v) is 2.22. The number of aliphatic hydroxyl groups is 1. The van der Waals surface area contributed by atoms with Gasteiger partial charge >= 0.3 is 0 Å². The van der Waals surface area contributed by atoms with Crippen LogP contribution >= 0.6 is 0 Å². The summed E-state index contributed by atoms with van der Waals surface area (Å²) in [7, 11) is 0. The maximum absolute atomic E-state index is 9.48. The minimum absolute atomic E-state index is 0.171. The maximum atomic E-state index is 9.48. The number of hydrogen-bond donors (Lipinski definition) is 1. The number of aliphatic hydroxyl groups excluding tert-OH is 1. The fourth-order valence-corrected chi connectivity index (χ4v) is 1.39. The van der Waals surface area contributed by atoms with Crippen LogP contribution in [-0.4, -0.2) is 34.7 Å². The zero-order chi connectivity index (χ0) is 9.72. The summed E-state index contributed by atoms with van der Waals surface area (Å²) in [5.74, 6) is 0. The SMILES string of the molecule is CC[C@H](O)CN(C(C)C)C(C)C. The smallest absolute Gasteiger partial charge is 0.0664 e. The van der Waals surface area contributed by atoms with E-state index in [2.05, 4.69) is 32.6 Å². The van der Waals surface area contributed by atoms with Gasteiger partial charge in [0.15, 0.2) is 0 Å². The predicted octanol–water partition coefficient (Wildman–Crippen LogP) is 1.88. The molecule has 0 rings (SSSR count). The van der Waals surface area contributed by atoms with Crippen molar-refractivity contribution in [3.63, 3.8) is 0 Å². The highest BCUT2D eigenvalue weighted by molar-refractivity contribution is 4.70. The molecule has 74 valence electrons. The number of hydrogen-bond acceptors (Lipinski definition) is 2. The van der Waals surface area contributed by atoms with E-state index < -0.39 is 0 Å². The van der Waals surface area contributed by atoms with Crippen LogP contribution in [-0.2, 0) is 0 Å². The van der Waals surface area contributed by atoms with Crippen LogP contribution in [0.1, 0.15) is 41.0 Å². The van der Waals surface area contributed by atoms with E-state index in [-0.39, 0.29) is 6.10 Å². The second-order valence-corrected chi connectivity index (χ2v) is 3.95. The molecule has 0 aromatic rings. The molecule has 0 aromatic heterocycles. The van der Waals surface area contributed by atoms with Crippen LogP contribution in [0.4, 0.5) is 0 Å². The first kappa shape index (κ1) is 11.9. The second-order valence-electron chi connectivity index (χ2n) is 3.95. The summed E-state index contributed by atoms with van der Waals surface area (Å²) in [4.78, 5) is 2.31. The highest BCUT2D eigenvalue weighted by Gasteiger charge is 2.15. The molecule has 0 aliphatic rings. The average Bonchev–Trinajstić information content (AvgIpc) is 1.98. The Kier molecular flexibility index (Phi) is 5.51. The van der Waals surface area contributed by atoms with E-state index in [1.165, 1.54) is 0 Å². The van der Waals surface area contributed by atoms with E-state index in [0.717, 1.165) is 13.0 Å². The van der Waals surface area contributed by atoms with Gasteiger partial charge in [-0.3, -0.25) is 4.90 Å². The van der Waals surface area contributed by atoms with Crippen LogP contribution in [0.2, 0.25) is 0 Å². The molecule has 1 N–H and O–H groups in total. The van der Waals surface area contributed by atoms with Gasteiger partial charge in [-0.2, -0.15) is 0 Å². The monoisotopic (exact) mass is 173 g/mol. The van der Waals surface area contributed by atoms with Gasteiger partial charge in [-0.25, -0.2) is 0 Å². The molecule has 0 unspecified atom stereocenters. The zero-order valence-electron chi connectivity index (χ0n) is 9.04. The van der Waals surface area contributed by atoms with Gasteiger partial charge in [-0.15, -0.1) is 0 Å². The molecule has 0 fully saturated rings. The maximum Gasteiger partial charge on any atom is 0.0664 e. The number of nitrogens with zero attached hydrogens (tertiary/aromatic N) is 1. The summed E-state index contributed by atoms with van der Waals surface area (Å²) in [5.41, 5.74) is 0. The lowest BCUT2D eigenvalue weighted by atomic mass is 10.2. The third-order valence-electron chi connectivity index (χ3n) is 2.22. The van der Waals surface area contributed by atoms with Gasteiger partial charge < -0.3 is 5.11 Å². The first-order chi connectivity index (χ1) is 5.49. The molecule has 2 heteroatoms. The predicted molar refractivity (Wildman–Crippen MR) is 53.3 cm³/mol. The van der Waals surface area contributed by atoms with Crippen molar-refractivity contribution in [2.75, 3.05) is 6.54 Å². The van der Waals surface area contributed by atoms with Crippen molar-refractivity contribution < 1.29 is 5.11 Å². The van der Waals surface area contributed by atoms with Crippen molar-refractivity contribution in [1.29, 1.82) is 0 Å². The van der Waals surface area contributed by atoms with E-state index in [0.29, 0.717) is 12.1 Å². The van der Waals surface area contributed by atoms with Crippen molar-refractivity contribution in [1.82, 2.24) is 4.90 Å². The third kappa shape index (κ3) is 4.07. The molecule has 0 aliphatic heterocycles. The van der Waals surface area contributed by atoms with Crippen LogP contribution in [0.25, 0.3) is 0 Å². The standard InChI is InChI=1S/C10H23NO/c1-6-10(12)7-11(8(2)3)9(4)5/h8-10,12H,6-7H2,1-5H3/t10-/m0/s1. The molecule has 12 heavy (non-hydrogen) atoms. The molecular formula is C10H23NO. The first-order valence-corrected chi connectivity index (χ1v) is 4.92. The second kappa shape index (κ2) is 5.55. The Labute approximate surface area is 76.6 Å². The quantitative estimate of drug-likeness (QED) is 0.686. The Hall–Kier alpha value is -0.0800. The van der Waals surface area contributed by atoms with Crippen molar-refractivity contribution in [2.24, 2.45) is 0 Å². The minimum Gasteiger partial charge on any atom is -0.392 e. The van der Waals surface area contributed by atoms with Crippen molar-refractivity contribution in [2.45, 2.75) is 59.2 Å². The summed E-state index contributed by atoms with van der Waals surface area (Å²) in [6, 6.07) is 1.04. The minimum atomic E-state index is -0.171. The van der Waals surface area contributed by atoms with Gasteiger partial charge in [-0.05, 0) is 34.1 Å². The van der Waals surface area contributed by atoms with Crippen LogP contribution in [0, 0.1) is 0 Å².